The first-order valence-electron chi connectivity index (χ1n) is 6.81. The quantitative estimate of drug-likeness (QED) is 0.194. The average Bonchev–Trinajstić information content (AvgIpc) is 2.45. The highest BCUT2D eigenvalue weighted by molar-refractivity contribution is 9.12. The standard InChI is InChI=1S/C13H17BrF6N4O2/c1-21-24(6-8(14)11(25)26)7-22-9(12(15,16)17)4-5-10(23(2)3)13(18,19)20/h5-7,9,21H,4H2,1-3H3,(H,25,26)/b8-6+,10-5-,22-7?. The summed E-state index contributed by atoms with van der Waals surface area (Å²) < 4.78 is 77.0. The molecule has 26 heavy (non-hydrogen) atoms. The molecule has 0 heterocycles. The van der Waals surface area contributed by atoms with Gasteiger partial charge in [-0.1, -0.05) is 6.08 Å². The van der Waals surface area contributed by atoms with Crippen molar-refractivity contribution < 1.29 is 36.2 Å². The third kappa shape index (κ3) is 8.56. The van der Waals surface area contributed by atoms with E-state index in [2.05, 4.69) is 26.3 Å². The zero-order chi connectivity index (χ0) is 20.7. The van der Waals surface area contributed by atoms with Gasteiger partial charge in [0.1, 0.15) is 16.5 Å². The van der Waals surface area contributed by atoms with Crippen LogP contribution >= 0.6 is 15.9 Å². The van der Waals surface area contributed by atoms with Crippen molar-refractivity contribution in [3.63, 3.8) is 0 Å². The molecule has 0 radical (unpaired) electrons. The number of carbonyl (C=O) groups is 1. The van der Waals surface area contributed by atoms with Crippen LogP contribution in [0.1, 0.15) is 6.42 Å². The Labute approximate surface area is 153 Å². The van der Waals surface area contributed by atoms with Crippen molar-refractivity contribution >= 4 is 28.2 Å². The summed E-state index contributed by atoms with van der Waals surface area (Å²) in [6, 6.07) is -2.45. The van der Waals surface area contributed by atoms with Crippen molar-refractivity contribution in [3.8, 4) is 0 Å². The molecule has 0 aliphatic heterocycles. The van der Waals surface area contributed by atoms with Crippen LogP contribution in [-0.2, 0) is 4.79 Å². The number of alkyl halides is 6. The predicted molar refractivity (Wildman–Crippen MR) is 86.3 cm³/mol. The molecule has 0 aromatic rings. The summed E-state index contributed by atoms with van der Waals surface area (Å²) in [6.45, 7) is 0. The van der Waals surface area contributed by atoms with Gasteiger partial charge in [-0.05, 0) is 22.4 Å². The van der Waals surface area contributed by atoms with Crippen LogP contribution < -0.4 is 5.43 Å². The molecular formula is C13H17BrF6N4O2. The summed E-state index contributed by atoms with van der Waals surface area (Å²) in [5.41, 5.74) is 1.11. The number of carboxylic acid groups (broad SMARTS) is 1. The fourth-order valence-electron chi connectivity index (χ4n) is 1.54. The maximum Gasteiger partial charge on any atom is 0.430 e. The van der Waals surface area contributed by atoms with Gasteiger partial charge >= 0.3 is 18.3 Å². The SMILES string of the molecule is CNN(C=NC(C/C=C(\N(C)C)C(F)(F)F)C(F)(F)F)/C=C(/Br)C(=O)O. The fourth-order valence-corrected chi connectivity index (χ4v) is 1.76. The predicted octanol–water partition coefficient (Wildman–Crippen LogP) is 3.10. The highest BCUT2D eigenvalue weighted by atomic mass is 79.9. The summed E-state index contributed by atoms with van der Waals surface area (Å²) in [4.78, 5) is 14.5. The number of aliphatic imine (C=N–C) groups is 1. The lowest BCUT2D eigenvalue weighted by Gasteiger charge is -2.22. The molecule has 1 unspecified atom stereocenters. The van der Waals surface area contributed by atoms with E-state index in [1.54, 1.807) is 0 Å². The van der Waals surface area contributed by atoms with Gasteiger partial charge in [-0.2, -0.15) is 26.3 Å². The van der Waals surface area contributed by atoms with Gasteiger partial charge in [0, 0.05) is 27.3 Å². The minimum atomic E-state index is -4.90. The average molecular weight is 455 g/mol. The Balaban J connectivity index is 5.53. The highest BCUT2D eigenvalue weighted by Crippen LogP contribution is 2.30. The highest BCUT2D eigenvalue weighted by Gasteiger charge is 2.40. The van der Waals surface area contributed by atoms with Crippen LogP contribution in [-0.4, -0.2) is 66.9 Å². The summed E-state index contributed by atoms with van der Waals surface area (Å²) >= 11 is 2.67. The van der Waals surface area contributed by atoms with Gasteiger partial charge in [0.15, 0.2) is 6.04 Å². The zero-order valence-electron chi connectivity index (χ0n) is 13.9. The lowest BCUT2D eigenvalue weighted by Crippen LogP contribution is -2.33. The van der Waals surface area contributed by atoms with Crippen LogP contribution in [0.15, 0.2) is 27.4 Å². The smallest absolute Gasteiger partial charge is 0.430 e. The Morgan fingerprint density at radius 1 is 1.27 bits per heavy atom. The van der Waals surface area contributed by atoms with Crippen LogP contribution in [0.2, 0.25) is 0 Å². The number of halogens is 7. The van der Waals surface area contributed by atoms with Crippen LogP contribution in [0.3, 0.4) is 0 Å². The third-order valence-electron chi connectivity index (χ3n) is 2.77. The largest absolute Gasteiger partial charge is 0.477 e. The fraction of sp³-hybridized carbons (Fsp3) is 0.538. The number of hydrogen-bond donors (Lipinski definition) is 2. The molecule has 0 aromatic carbocycles. The number of allylic oxidation sites excluding steroid dienone is 1. The molecule has 13 heteroatoms. The van der Waals surface area contributed by atoms with Gasteiger partial charge in [0.2, 0.25) is 0 Å². The van der Waals surface area contributed by atoms with Crippen LogP contribution in [0.25, 0.3) is 0 Å². The van der Waals surface area contributed by atoms with E-state index < -0.39 is 36.5 Å². The van der Waals surface area contributed by atoms with Crippen molar-refractivity contribution in [2.45, 2.75) is 24.8 Å². The Kier molecular flexibility index (Phi) is 9.14. The van der Waals surface area contributed by atoms with Gasteiger partial charge in [0.25, 0.3) is 0 Å². The second kappa shape index (κ2) is 9.80. The minimum Gasteiger partial charge on any atom is -0.477 e. The van der Waals surface area contributed by atoms with E-state index in [0.717, 1.165) is 25.3 Å². The molecule has 2 N–H and O–H groups in total. The first-order chi connectivity index (χ1) is 11.7. The Morgan fingerprint density at radius 2 is 1.81 bits per heavy atom. The number of hydrogen-bond acceptors (Lipinski definition) is 4. The number of rotatable bonds is 8. The van der Waals surface area contributed by atoms with Crippen molar-refractivity contribution in [1.29, 1.82) is 0 Å². The minimum absolute atomic E-state index is 0.381. The second-order valence-corrected chi connectivity index (χ2v) is 5.81. The number of nitrogens with one attached hydrogen (secondary N) is 1. The normalized spacial score (nSPS) is 15.3. The molecule has 6 nitrogen and oxygen atoms in total. The Morgan fingerprint density at radius 3 is 2.15 bits per heavy atom. The molecule has 1 atom stereocenters. The van der Waals surface area contributed by atoms with Crippen LogP contribution in [0, 0.1) is 0 Å². The third-order valence-corrected chi connectivity index (χ3v) is 3.31. The molecular weight excluding hydrogens is 438 g/mol. The van der Waals surface area contributed by atoms with E-state index in [1.165, 1.54) is 7.05 Å². The van der Waals surface area contributed by atoms with E-state index in [-0.39, 0.29) is 4.48 Å². The first kappa shape index (κ1) is 24.2. The summed E-state index contributed by atoms with van der Waals surface area (Å²) in [7, 11) is 3.39. The summed E-state index contributed by atoms with van der Waals surface area (Å²) in [6.07, 6.45) is -8.84. The molecule has 0 spiro atoms. The van der Waals surface area contributed by atoms with Crippen molar-refractivity contribution in [1.82, 2.24) is 15.3 Å². The van der Waals surface area contributed by atoms with Gasteiger partial charge < -0.3 is 10.0 Å². The van der Waals surface area contributed by atoms with Crippen molar-refractivity contribution in [2.75, 3.05) is 21.1 Å². The summed E-state index contributed by atoms with van der Waals surface area (Å²) in [5, 5.41) is 9.50. The molecule has 0 saturated carbocycles. The molecule has 150 valence electrons. The van der Waals surface area contributed by atoms with E-state index in [4.69, 9.17) is 5.11 Å². The topological polar surface area (TPSA) is 68.2 Å². The summed E-state index contributed by atoms with van der Waals surface area (Å²) in [5.74, 6) is -1.38. The number of aliphatic carboxylic acids is 1. The molecule has 0 amide bonds. The van der Waals surface area contributed by atoms with Crippen molar-refractivity contribution in [3.05, 3.63) is 22.5 Å². The lowest BCUT2D eigenvalue weighted by molar-refractivity contribution is -0.146. The van der Waals surface area contributed by atoms with Crippen molar-refractivity contribution in [2.24, 2.45) is 4.99 Å². The zero-order valence-corrected chi connectivity index (χ0v) is 15.4. The first-order valence-corrected chi connectivity index (χ1v) is 7.60. The van der Waals surface area contributed by atoms with E-state index >= 15 is 0 Å². The molecule has 0 aliphatic rings. The van der Waals surface area contributed by atoms with Crippen LogP contribution in [0.5, 0.6) is 0 Å². The van der Waals surface area contributed by atoms with E-state index in [1.807, 2.05) is 0 Å². The lowest BCUT2D eigenvalue weighted by atomic mass is 10.1. The van der Waals surface area contributed by atoms with E-state index in [9.17, 15) is 31.1 Å². The maximum absolute atomic E-state index is 13.0. The van der Waals surface area contributed by atoms with Gasteiger partial charge in [-0.25, -0.2) is 10.2 Å². The molecule has 0 saturated heterocycles. The Hall–Kier alpha value is -1.76. The maximum atomic E-state index is 13.0. The van der Waals surface area contributed by atoms with Gasteiger partial charge in [-0.15, -0.1) is 0 Å². The second-order valence-electron chi connectivity index (χ2n) is 4.95. The van der Waals surface area contributed by atoms with Crippen LogP contribution in [0.4, 0.5) is 26.3 Å². The van der Waals surface area contributed by atoms with Gasteiger partial charge in [-0.3, -0.25) is 10.0 Å². The monoisotopic (exact) mass is 454 g/mol. The molecule has 0 aliphatic carbocycles. The Bertz CT molecular complexity index is 572. The molecule has 0 rings (SSSR count). The molecule has 0 aromatic heterocycles. The molecule has 0 bridgehead atoms. The van der Waals surface area contributed by atoms with E-state index in [0.29, 0.717) is 17.3 Å². The number of hydrazine groups is 1. The molecule has 0 fully saturated rings. The number of carboxylic acids is 1. The van der Waals surface area contributed by atoms with Gasteiger partial charge in [0.05, 0.1) is 0 Å². The number of nitrogens with zero attached hydrogens (tertiary/aromatic N) is 3.